The van der Waals surface area contributed by atoms with Gasteiger partial charge in [0.25, 0.3) is 12.3 Å². The third kappa shape index (κ3) is 4.77. The maximum atomic E-state index is 13.3. The zero-order valence-corrected chi connectivity index (χ0v) is 16.6. The maximum absolute atomic E-state index is 13.3. The maximum Gasteiger partial charge on any atom is 0.269 e. The molecule has 0 radical (unpaired) electrons. The Bertz CT molecular complexity index is 975. The first kappa shape index (κ1) is 21.7. The SMILES string of the molecule is C=CC(=O)N1CC(c2cc(Cl)nc(-c3cc(C(=O)NC)ncn3)c2)O[C@@H](C(F)F)C1. The fourth-order valence-electron chi connectivity index (χ4n) is 3.00. The molecule has 1 N–H and O–H groups in total. The molecule has 158 valence electrons. The number of rotatable bonds is 5. The summed E-state index contributed by atoms with van der Waals surface area (Å²) >= 11 is 6.14. The topological polar surface area (TPSA) is 97.3 Å². The first-order valence-electron chi connectivity index (χ1n) is 8.89. The van der Waals surface area contributed by atoms with Crippen LogP contribution in [0.15, 0.2) is 37.2 Å². The number of halogens is 3. The van der Waals surface area contributed by atoms with E-state index < -0.39 is 30.4 Å². The largest absolute Gasteiger partial charge is 0.361 e. The highest BCUT2D eigenvalue weighted by atomic mass is 35.5. The van der Waals surface area contributed by atoms with E-state index in [2.05, 4.69) is 26.8 Å². The zero-order chi connectivity index (χ0) is 21.8. The van der Waals surface area contributed by atoms with Crippen molar-refractivity contribution in [2.75, 3.05) is 20.1 Å². The molecule has 0 saturated carbocycles. The normalized spacial score (nSPS) is 18.9. The van der Waals surface area contributed by atoms with Crippen LogP contribution < -0.4 is 5.32 Å². The Kier molecular flexibility index (Phi) is 6.68. The van der Waals surface area contributed by atoms with Crippen molar-refractivity contribution in [3.8, 4) is 11.4 Å². The van der Waals surface area contributed by atoms with Gasteiger partial charge >= 0.3 is 0 Å². The van der Waals surface area contributed by atoms with Crippen molar-refractivity contribution in [3.05, 3.63) is 53.6 Å². The van der Waals surface area contributed by atoms with E-state index in [1.54, 1.807) is 6.07 Å². The minimum Gasteiger partial charge on any atom is -0.361 e. The number of alkyl halides is 2. The number of hydrogen-bond donors (Lipinski definition) is 1. The fourth-order valence-corrected chi connectivity index (χ4v) is 3.22. The second kappa shape index (κ2) is 9.23. The summed E-state index contributed by atoms with van der Waals surface area (Å²) in [6.45, 7) is 3.20. The van der Waals surface area contributed by atoms with Crippen LogP contribution in [-0.2, 0) is 9.53 Å². The number of amides is 2. The predicted molar refractivity (Wildman–Crippen MR) is 104 cm³/mol. The molecular formula is C19H18ClF2N5O3. The average Bonchev–Trinajstić information content (AvgIpc) is 2.77. The van der Waals surface area contributed by atoms with Crippen LogP contribution in [0.4, 0.5) is 8.78 Å². The molecule has 0 spiro atoms. The lowest BCUT2D eigenvalue weighted by Gasteiger charge is -2.37. The number of carbonyl (C=O) groups is 2. The number of pyridine rings is 1. The molecule has 0 bridgehead atoms. The van der Waals surface area contributed by atoms with Crippen LogP contribution >= 0.6 is 11.6 Å². The van der Waals surface area contributed by atoms with Gasteiger partial charge in [0.1, 0.15) is 29.4 Å². The van der Waals surface area contributed by atoms with Gasteiger partial charge in [-0.25, -0.2) is 23.7 Å². The third-order valence-electron chi connectivity index (χ3n) is 4.47. The molecule has 2 aromatic rings. The number of aromatic nitrogens is 3. The standard InChI is InChI=1S/C19H18ClF2N5O3/c1-3-17(28)27-7-14(30-15(8-27)18(21)22)10-4-12(26-16(20)5-10)11-6-13(19(29)23-2)25-9-24-11/h3-6,9,14-15,18H,1,7-8H2,2H3,(H,23,29)/t14?,15-/m1/s1. The predicted octanol–water partition coefficient (Wildman–Crippen LogP) is 2.27. The van der Waals surface area contributed by atoms with Gasteiger partial charge in [0.15, 0.2) is 0 Å². The molecule has 30 heavy (non-hydrogen) atoms. The van der Waals surface area contributed by atoms with Gasteiger partial charge in [0, 0.05) is 7.05 Å². The van der Waals surface area contributed by atoms with Gasteiger partial charge in [-0.2, -0.15) is 0 Å². The lowest BCUT2D eigenvalue weighted by atomic mass is 10.1. The van der Waals surface area contributed by atoms with E-state index >= 15 is 0 Å². The average molecular weight is 438 g/mol. The molecule has 1 unspecified atom stereocenters. The van der Waals surface area contributed by atoms with Crippen molar-refractivity contribution >= 4 is 23.4 Å². The van der Waals surface area contributed by atoms with Gasteiger partial charge in [-0.15, -0.1) is 0 Å². The minimum atomic E-state index is -2.78. The van der Waals surface area contributed by atoms with Crippen molar-refractivity contribution < 1.29 is 23.1 Å². The van der Waals surface area contributed by atoms with E-state index in [0.29, 0.717) is 17.0 Å². The lowest BCUT2D eigenvalue weighted by Crippen LogP contribution is -2.48. The van der Waals surface area contributed by atoms with Gasteiger partial charge in [-0.05, 0) is 29.8 Å². The number of morpholine rings is 1. The second-order valence-corrected chi connectivity index (χ2v) is 6.81. The Morgan fingerprint density at radius 1 is 1.30 bits per heavy atom. The molecule has 2 amide bonds. The highest BCUT2D eigenvalue weighted by Crippen LogP contribution is 2.31. The van der Waals surface area contributed by atoms with E-state index in [9.17, 15) is 18.4 Å². The summed E-state index contributed by atoms with van der Waals surface area (Å²) in [5.41, 5.74) is 1.18. The molecule has 8 nitrogen and oxygen atoms in total. The first-order chi connectivity index (χ1) is 14.3. The minimum absolute atomic E-state index is 0.0428. The quantitative estimate of drug-likeness (QED) is 0.569. The van der Waals surface area contributed by atoms with E-state index in [1.165, 1.54) is 30.4 Å². The summed E-state index contributed by atoms with van der Waals surface area (Å²) < 4.78 is 32.2. The number of nitrogens with zero attached hydrogens (tertiary/aromatic N) is 4. The van der Waals surface area contributed by atoms with Crippen molar-refractivity contribution in [2.45, 2.75) is 18.6 Å². The van der Waals surface area contributed by atoms with Crippen LogP contribution in [-0.4, -0.2) is 64.3 Å². The Labute approximate surface area is 175 Å². The molecule has 3 rings (SSSR count). The van der Waals surface area contributed by atoms with Gasteiger partial charge in [0.05, 0.1) is 24.5 Å². The molecule has 1 aliphatic rings. The van der Waals surface area contributed by atoms with E-state index in [-0.39, 0.29) is 23.9 Å². The number of carbonyl (C=O) groups excluding carboxylic acids is 2. The van der Waals surface area contributed by atoms with Crippen molar-refractivity contribution in [3.63, 3.8) is 0 Å². The van der Waals surface area contributed by atoms with Crippen LogP contribution in [0, 0.1) is 0 Å². The van der Waals surface area contributed by atoms with Crippen LogP contribution in [0.5, 0.6) is 0 Å². The van der Waals surface area contributed by atoms with Crippen molar-refractivity contribution in [2.24, 2.45) is 0 Å². The van der Waals surface area contributed by atoms with E-state index in [1.807, 2.05) is 0 Å². The van der Waals surface area contributed by atoms with Crippen LogP contribution in [0.2, 0.25) is 5.15 Å². The first-order valence-corrected chi connectivity index (χ1v) is 9.27. The van der Waals surface area contributed by atoms with Gasteiger partial charge in [-0.3, -0.25) is 9.59 Å². The molecule has 2 aromatic heterocycles. The Morgan fingerprint density at radius 2 is 2.07 bits per heavy atom. The number of hydrogen-bond acceptors (Lipinski definition) is 6. The van der Waals surface area contributed by atoms with E-state index in [4.69, 9.17) is 16.3 Å². The molecule has 0 aromatic carbocycles. The molecule has 1 fully saturated rings. The second-order valence-electron chi connectivity index (χ2n) is 6.42. The number of ether oxygens (including phenoxy) is 1. The zero-order valence-electron chi connectivity index (χ0n) is 15.9. The number of nitrogens with one attached hydrogen (secondary N) is 1. The highest BCUT2D eigenvalue weighted by molar-refractivity contribution is 6.29. The summed E-state index contributed by atoms with van der Waals surface area (Å²) in [5, 5.41) is 2.53. The highest BCUT2D eigenvalue weighted by Gasteiger charge is 2.35. The molecular weight excluding hydrogens is 420 g/mol. The Hall–Kier alpha value is -2.98. The lowest BCUT2D eigenvalue weighted by molar-refractivity contribution is -0.159. The Balaban J connectivity index is 1.97. The summed E-state index contributed by atoms with van der Waals surface area (Å²) in [6, 6.07) is 4.47. The molecule has 2 atom stereocenters. The summed E-state index contributed by atoms with van der Waals surface area (Å²) in [6.07, 6.45) is -2.82. The fraction of sp³-hybridized carbons (Fsp3) is 0.316. The van der Waals surface area contributed by atoms with E-state index in [0.717, 1.165) is 6.08 Å². The summed E-state index contributed by atoms with van der Waals surface area (Å²) in [7, 11) is 1.47. The smallest absolute Gasteiger partial charge is 0.269 e. The van der Waals surface area contributed by atoms with Crippen LogP contribution in [0.25, 0.3) is 11.4 Å². The summed E-state index contributed by atoms with van der Waals surface area (Å²) in [5.74, 6) is -0.879. The van der Waals surface area contributed by atoms with Gasteiger partial charge in [-0.1, -0.05) is 18.2 Å². The molecule has 1 saturated heterocycles. The molecule has 1 aliphatic heterocycles. The monoisotopic (exact) mass is 437 g/mol. The van der Waals surface area contributed by atoms with Gasteiger partial charge in [0.2, 0.25) is 5.91 Å². The van der Waals surface area contributed by atoms with Crippen LogP contribution in [0.3, 0.4) is 0 Å². The van der Waals surface area contributed by atoms with Crippen LogP contribution in [0.1, 0.15) is 22.2 Å². The van der Waals surface area contributed by atoms with Gasteiger partial charge < -0.3 is 15.0 Å². The molecule has 0 aliphatic carbocycles. The third-order valence-corrected chi connectivity index (χ3v) is 4.66. The van der Waals surface area contributed by atoms with Crippen molar-refractivity contribution in [1.29, 1.82) is 0 Å². The molecule has 11 heteroatoms. The summed E-state index contributed by atoms with van der Waals surface area (Å²) in [4.78, 5) is 37.3. The Morgan fingerprint density at radius 3 is 2.73 bits per heavy atom. The molecule has 3 heterocycles. The van der Waals surface area contributed by atoms with Crippen molar-refractivity contribution in [1.82, 2.24) is 25.2 Å².